The van der Waals surface area contributed by atoms with Crippen LogP contribution in [0.1, 0.15) is 16.7 Å². The van der Waals surface area contributed by atoms with Gasteiger partial charge >= 0.3 is 0 Å². The van der Waals surface area contributed by atoms with E-state index < -0.39 is 0 Å². The van der Waals surface area contributed by atoms with Crippen molar-refractivity contribution in [3.63, 3.8) is 0 Å². The predicted molar refractivity (Wildman–Crippen MR) is 111 cm³/mol. The summed E-state index contributed by atoms with van der Waals surface area (Å²) in [5, 5.41) is 3.56. The van der Waals surface area contributed by atoms with Gasteiger partial charge < -0.3 is 10.1 Å². The number of carbonyl (C=O) groups excluding carboxylic acids is 1. The fourth-order valence-corrected chi connectivity index (χ4v) is 3.56. The number of ether oxygens (including phenoxy) is 1. The third-order valence-electron chi connectivity index (χ3n) is 4.78. The minimum Gasteiger partial charge on any atom is -0.496 e. The van der Waals surface area contributed by atoms with Gasteiger partial charge in [0.15, 0.2) is 0 Å². The highest BCUT2D eigenvalue weighted by atomic mass is 35.5. The standard InChI is InChI=1S/C23H18ClNO2/c1-14-19(24)9-10-20-22(14)18(23(26)25-20)13-15-8-11-21(27-2)17(12-15)16-6-4-3-5-7-16/h3-13H,1-2H3,(H,25,26). The van der Waals surface area contributed by atoms with Crippen molar-refractivity contribution in [3.8, 4) is 16.9 Å². The first-order chi connectivity index (χ1) is 13.1. The fraction of sp³-hybridized carbons (Fsp3) is 0.0870. The van der Waals surface area contributed by atoms with Crippen molar-refractivity contribution in [2.45, 2.75) is 6.92 Å². The number of fused-ring (bicyclic) bond motifs is 1. The average Bonchev–Trinajstić information content (AvgIpc) is 3.01. The minimum absolute atomic E-state index is 0.118. The summed E-state index contributed by atoms with van der Waals surface area (Å²) in [6.07, 6.45) is 1.90. The number of anilines is 1. The number of halogens is 1. The molecule has 0 aromatic heterocycles. The van der Waals surface area contributed by atoms with Crippen LogP contribution in [0.15, 0.2) is 60.7 Å². The van der Waals surface area contributed by atoms with E-state index in [1.165, 1.54) is 0 Å². The van der Waals surface area contributed by atoms with Crippen molar-refractivity contribution in [3.05, 3.63) is 82.4 Å². The van der Waals surface area contributed by atoms with E-state index in [2.05, 4.69) is 5.32 Å². The lowest BCUT2D eigenvalue weighted by Crippen LogP contribution is -2.03. The molecule has 0 saturated heterocycles. The Morgan fingerprint density at radius 3 is 2.56 bits per heavy atom. The normalized spacial score (nSPS) is 14.2. The molecule has 0 atom stereocenters. The Hall–Kier alpha value is -3.04. The van der Waals surface area contributed by atoms with Crippen LogP contribution < -0.4 is 10.1 Å². The molecule has 1 amide bonds. The Balaban J connectivity index is 1.85. The van der Waals surface area contributed by atoms with Crippen molar-refractivity contribution in [1.82, 2.24) is 0 Å². The second-order valence-corrected chi connectivity index (χ2v) is 6.84. The smallest absolute Gasteiger partial charge is 0.256 e. The quantitative estimate of drug-likeness (QED) is 0.586. The second kappa shape index (κ2) is 6.93. The molecule has 0 saturated carbocycles. The van der Waals surface area contributed by atoms with Gasteiger partial charge in [0.1, 0.15) is 5.75 Å². The van der Waals surface area contributed by atoms with Gasteiger partial charge in [-0.1, -0.05) is 48.0 Å². The highest BCUT2D eigenvalue weighted by Gasteiger charge is 2.26. The van der Waals surface area contributed by atoms with Crippen LogP contribution in [-0.2, 0) is 4.79 Å². The Bertz CT molecular complexity index is 1070. The zero-order chi connectivity index (χ0) is 19.0. The monoisotopic (exact) mass is 375 g/mol. The van der Waals surface area contributed by atoms with Crippen LogP contribution in [0.5, 0.6) is 5.75 Å². The third-order valence-corrected chi connectivity index (χ3v) is 5.19. The lowest BCUT2D eigenvalue weighted by Gasteiger charge is -2.10. The molecule has 1 aliphatic heterocycles. The molecule has 1 N–H and O–H groups in total. The Morgan fingerprint density at radius 1 is 1.04 bits per heavy atom. The summed E-state index contributed by atoms with van der Waals surface area (Å²) in [5.41, 5.74) is 6.14. The number of hydrogen-bond donors (Lipinski definition) is 1. The summed E-state index contributed by atoms with van der Waals surface area (Å²) in [7, 11) is 1.66. The molecule has 0 spiro atoms. The molecule has 0 unspecified atom stereocenters. The molecule has 0 aliphatic carbocycles. The van der Waals surface area contributed by atoms with E-state index in [0.29, 0.717) is 10.6 Å². The Kier molecular flexibility index (Phi) is 4.46. The zero-order valence-corrected chi connectivity index (χ0v) is 15.8. The zero-order valence-electron chi connectivity index (χ0n) is 15.0. The van der Waals surface area contributed by atoms with E-state index in [1.807, 2.05) is 67.6 Å². The Labute approximate surface area is 163 Å². The molecule has 0 bridgehead atoms. The first-order valence-electron chi connectivity index (χ1n) is 8.64. The summed E-state index contributed by atoms with van der Waals surface area (Å²) in [6, 6.07) is 19.6. The SMILES string of the molecule is COc1ccc(C=C2C(=O)Nc3ccc(Cl)c(C)c32)cc1-c1ccccc1. The van der Waals surface area contributed by atoms with Gasteiger partial charge in [0.05, 0.1) is 7.11 Å². The van der Waals surface area contributed by atoms with Gasteiger partial charge in [-0.3, -0.25) is 4.79 Å². The van der Waals surface area contributed by atoms with E-state index in [1.54, 1.807) is 13.2 Å². The molecule has 3 aromatic carbocycles. The molecule has 134 valence electrons. The van der Waals surface area contributed by atoms with Gasteiger partial charge in [-0.25, -0.2) is 0 Å². The van der Waals surface area contributed by atoms with Gasteiger partial charge in [-0.15, -0.1) is 0 Å². The number of rotatable bonds is 3. The van der Waals surface area contributed by atoms with E-state index >= 15 is 0 Å². The number of benzene rings is 3. The van der Waals surface area contributed by atoms with Gasteiger partial charge in [0, 0.05) is 27.4 Å². The third kappa shape index (κ3) is 3.11. The lowest BCUT2D eigenvalue weighted by molar-refractivity contribution is -0.110. The van der Waals surface area contributed by atoms with E-state index in [4.69, 9.17) is 16.3 Å². The van der Waals surface area contributed by atoms with Crippen molar-refractivity contribution in [1.29, 1.82) is 0 Å². The molecule has 4 rings (SSSR count). The first kappa shape index (κ1) is 17.4. The van der Waals surface area contributed by atoms with Crippen LogP contribution in [0.25, 0.3) is 22.8 Å². The molecule has 1 heterocycles. The molecule has 0 fully saturated rings. The lowest BCUT2D eigenvalue weighted by atomic mass is 9.97. The molecule has 0 radical (unpaired) electrons. The molecule has 3 aromatic rings. The van der Waals surface area contributed by atoms with E-state index in [-0.39, 0.29) is 5.91 Å². The summed E-state index contributed by atoms with van der Waals surface area (Å²) < 4.78 is 5.52. The maximum atomic E-state index is 12.5. The molecular formula is C23H18ClNO2. The number of methoxy groups -OCH3 is 1. The average molecular weight is 376 g/mol. The molecule has 27 heavy (non-hydrogen) atoms. The maximum absolute atomic E-state index is 12.5. The minimum atomic E-state index is -0.118. The van der Waals surface area contributed by atoms with Gasteiger partial charge in [0.25, 0.3) is 5.91 Å². The van der Waals surface area contributed by atoms with Gasteiger partial charge in [0.2, 0.25) is 0 Å². The topological polar surface area (TPSA) is 38.3 Å². The van der Waals surface area contributed by atoms with Crippen LogP contribution in [0.3, 0.4) is 0 Å². The van der Waals surface area contributed by atoms with Crippen LogP contribution in [0.2, 0.25) is 5.02 Å². The second-order valence-electron chi connectivity index (χ2n) is 6.43. The molecular weight excluding hydrogens is 358 g/mol. The van der Waals surface area contributed by atoms with Crippen molar-refractivity contribution >= 4 is 34.8 Å². The summed E-state index contributed by atoms with van der Waals surface area (Å²) in [4.78, 5) is 12.5. The van der Waals surface area contributed by atoms with Crippen molar-refractivity contribution in [2.24, 2.45) is 0 Å². The predicted octanol–water partition coefficient (Wildman–Crippen LogP) is 5.82. The summed E-state index contributed by atoms with van der Waals surface area (Å²) >= 11 is 6.27. The fourth-order valence-electron chi connectivity index (χ4n) is 3.40. The highest BCUT2D eigenvalue weighted by molar-refractivity contribution is 6.37. The largest absolute Gasteiger partial charge is 0.496 e. The van der Waals surface area contributed by atoms with Crippen LogP contribution in [-0.4, -0.2) is 13.0 Å². The highest BCUT2D eigenvalue weighted by Crippen LogP contribution is 2.39. The molecule has 4 heteroatoms. The van der Waals surface area contributed by atoms with Crippen LogP contribution >= 0.6 is 11.6 Å². The van der Waals surface area contributed by atoms with Gasteiger partial charge in [-0.05, 0) is 54.0 Å². The van der Waals surface area contributed by atoms with Gasteiger partial charge in [-0.2, -0.15) is 0 Å². The van der Waals surface area contributed by atoms with Crippen molar-refractivity contribution in [2.75, 3.05) is 12.4 Å². The first-order valence-corrected chi connectivity index (χ1v) is 9.02. The number of amides is 1. The molecule has 1 aliphatic rings. The van der Waals surface area contributed by atoms with E-state index in [0.717, 1.165) is 39.3 Å². The maximum Gasteiger partial charge on any atom is 0.256 e. The van der Waals surface area contributed by atoms with E-state index in [9.17, 15) is 4.79 Å². The molecule has 3 nitrogen and oxygen atoms in total. The summed E-state index contributed by atoms with van der Waals surface area (Å²) in [6.45, 7) is 1.93. The number of carbonyl (C=O) groups is 1. The number of hydrogen-bond acceptors (Lipinski definition) is 2. The van der Waals surface area contributed by atoms with Crippen LogP contribution in [0, 0.1) is 6.92 Å². The number of nitrogens with one attached hydrogen (secondary N) is 1. The van der Waals surface area contributed by atoms with Crippen LogP contribution in [0.4, 0.5) is 5.69 Å². The van der Waals surface area contributed by atoms with Crippen molar-refractivity contribution < 1.29 is 9.53 Å². The Morgan fingerprint density at radius 2 is 1.81 bits per heavy atom. The summed E-state index contributed by atoms with van der Waals surface area (Å²) in [5.74, 6) is 0.672.